The van der Waals surface area contributed by atoms with Gasteiger partial charge in [-0.05, 0) is 30.6 Å². The molecule has 1 aromatic carbocycles. The maximum atomic E-state index is 10.6. The molecule has 0 spiro atoms. The van der Waals surface area contributed by atoms with E-state index >= 15 is 0 Å². The zero-order valence-corrected chi connectivity index (χ0v) is 13.5. The topological polar surface area (TPSA) is 105 Å². The van der Waals surface area contributed by atoms with Crippen molar-refractivity contribution in [2.45, 2.75) is 13.3 Å². The van der Waals surface area contributed by atoms with Crippen LogP contribution in [0.5, 0.6) is 0 Å². The molecule has 0 fully saturated rings. The SMILES string of the molecule is C\N=C(/C=C(C)\C(N)=N\CCCS(=O)(=O)O)c1ccccc1. The Kier molecular flexibility index (Phi) is 6.94. The molecule has 0 heterocycles. The van der Waals surface area contributed by atoms with Gasteiger partial charge in [-0.1, -0.05) is 30.3 Å². The zero-order valence-electron chi connectivity index (χ0n) is 12.7. The molecule has 0 atom stereocenters. The average Bonchev–Trinajstić information content (AvgIpc) is 2.48. The van der Waals surface area contributed by atoms with Crippen molar-refractivity contribution < 1.29 is 13.0 Å². The number of amidine groups is 1. The second-order valence-electron chi connectivity index (χ2n) is 4.71. The van der Waals surface area contributed by atoms with E-state index in [4.69, 9.17) is 10.3 Å². The number of nitrogens with zero attached hydrogens (tertiary/aromatic N) is 2. The van der Waals surface area contributed by atoms with E-state index in [0.29, 0.717) is 5.84 Å². The molecule has 0 aliphatic carbocycles. The van der Waals surface area contributed by atoms with E-state index in [1.54, 1.807) is 7.05 Å². The summed E-state index contributed by atoms with van der Waals surface area (Å²) < 4.78 is 29.8. The number of rotatable bonds is 7. The third kappa shape index (κ3) is 6.64. The third-order valence-corrected chi connectivity index (χ3v) is 3.71. The summed E-state index contributed by atoms with van der Waals surface area (Å²) in [6.07, 6.45) is 2.05. The first-order valence-electron chi connectivity index (χ1n) is 6.79. The molecular weight excluding hydrogens is 302 g/mol. The van der Waals surface area contributed by atoms with Crippen molar-refractivity contribution in [3.63, 3.8) is 0 Å². The smallest absolute Gasteiger partial charge is 0.264 e. The van der Waals surface area contributed by atoms with Crippen LogP contribution in [0.15, 0.2) is 52.0 Å². The van der Waals surface area contributed by atoms with Crippen LogP contribution in [-0.4, -0.2) is 43.9 Å². The van der Waals surface area contributed by atoms with E-state index in [2.05, 4.69) is 9.98 Å². The molecule has 1 aromatic rings. The number of hydrogen-bond acceptors (Lipinski definition) is 4. The van der Waals surface area contributed by atoms with Gasteiger partial charge in [0, 0.05) is 13.6 Å². The van der Waals surface area contributed by atoms with Crippen molar-refractivity contribution in [3.05, 3.63) is 47.5 Å². The minimum absolute atomic E-state index is 0.222. The quantitative estimate of drug-likeness (QED) is 0.345. The minimum Gasteiger partial charge on any atom is -0.384 e. The predicted octanol–water partition coefficient (Wildman–Crippen LogP) is 1.69. The van der Waals surface area contributed by atoms with Gasteiger partial charge in [-0.15, -0.1) is 0 Å². The summed E-state index contributed by atoms with van der Waals surface area (Å²) in [5.41, 5.74) is 8.37. The Hall–Kier alpha value is -1.99. The lowest BCUT2D eigenvalue weighted by Crippen LogP contribution is -2.16. The van der Waals surface area contributed by atoms with Crippen LogP contribution in [-0.2, 0) is 10.1 Å². The molecule has 0 saturated carbocycles. The molecule has 0 aromatic heterocycles. The van der Waals surface area contributed by atoms with Gasteiger partial charge in [-0.3, -0.25) is 14.5 Å². The normalized spacial score (nSPS) is 14.2. The minimum atomic E-state index is -3.95. The van der Waals surface area contributed by atoms with E-state index in [9.17, 15) is 8.42 Å². The Balaban J connectivity index is 2.74. The van der Waals surface area contributed by atoms with Gasteiger partial charge < -0.3 is 5.73 Å². The highest BCUT2D eigenvalue weighted by Crippen LogP contribution is 2.05. The van der Waals surface area contributed by atoms with Gasteiger partial charge in [0.15, 0.2) is 0 Å². The highest BCUT2D eigenvalue weighted by molar-refractivity contribution is 7.85. The molecule has 0 radical (unpaired) electrons. The number of benzene rings is 1. The van der Waals surface area contributed by atoms with Crippen molar-refractivity contribution in [2.24, 2.45) is 15.7 Å². The van der Waals surface area contributed by atoms with Gasteiger partial charge >= 0.3 is 0 Å². The first kappa shape index (κ1) is 18.1. The van der Waals surface area contributed by atoms with Crippen LogP contribution in [0.4, 0.5) is 0 Å². The van der Waals surface area contributed by atoms with E-state index in [-0.39, 0.29) is 18.7 Å². The monoisotopic (exact) mass is 323 g/mol. The number of nitrogens with two attached hydrogens (primary N) is 1. The number of allylic oxidation sites excluding steroid dienone is 1. The first-order chi connectivity index (χ1) is 10.3. The van der Waals surface area contributed by atoms with Gasteiger partial charge in [0.25, 0.3) is 10.1 Å². The summed E-state index contributed by atoms with van der Waals surface area (Å²) in [7, 11) is -2.25. The Bertz CT molecular complexity index is 677. The van der Waals surface area contributed by atoms with E-state index in [0.717, 1.165) is 16.8 Å². The molecule has 3 N–H and O–H groups in total. The van der Waals surface area contributed by atoms with E-state index < -0.39 is 10.1 Å². The summed E-state index contributed by atoms with van der Waals surface area (Å²) in [4.78, 5) is 8.33. The Morgan fingerprint density at radius 1 is 1.32 bits per heavy atom. The Morgan fingerprint density at radius 2 is 1.95 bits per heavy atom. The molecule has 7 heteroatoms. The fourth-order valence-electron chi connectivity index (χ4n) is 1.74. The van der Waals surface area contributed by atoms with Gasteiger partial charge in [0.05, 0.1) is 11.5 Å². The molecule has 120 valence electrons. The largest absolute Gasteiger partial charge is 0.384 e. The van der Waals surface area contributed by atoms with Crippen LogP contribution in [0.2, 0.25) is 0 Å². The molecule has 6 nitrogen and oxygen atoms in total. The highest BCUT2D eigenvalue weighted by Gasteiger charge is 2.04. The average molecular weight is 323 g/mol. The maximum Gasteiger partial charge on any atom is 0.264 e. The van der Waals surface area contributed by atoms with E-state index in [1.165, 1.54) is 0 Å². The van der Waals surface area contributed by atoms with Gasteiger partial charge in [0.1, 0.15) is 5.84 Å². The first-order valence-corrected chi connectivity index (χ1v) is 8.40. The van der Waals surface area contributed by atoms with Crippen LogP contribution < -0.4 is 5.73 Å². The molecule has 22 heavy (non-hydrogen) atoms. The van der Waals surface area contributed by atoms with Gasteiger partial charge in [0.2, 0.25) is 0 Å². The summed E-state index contributed by atoms with van der Waals surface area (Å²) in [5.74, 6) is 0.00511. The van der Waals surface area contributed by atoms with E-state index in [1.807, 2.05) is 43.3 Å². The maximum absolute atomic E-state index is 10.6. The Labute approximate surface area is 131 Å². The van der Waals surface area contributed by atoms with Crippen LogP contribution in [0, 0.1) is 0 Å². The summed E-state index contributed by atoms with van der Waals surface area (Å²) in [6, 6.07) is 9.68. The van der Waals surface area contributed by atoms with Crippen molar-refractivity contribution >= 4 is 21.7 Å². The summed E-state index contributed by atoms with van der Waals surface area (Å²) in [5, 5.41) is 0. The van der Waals surface area contributed by atoms with Crippen molar-refractivity contribution in [1.82, 2.24) is 0 Å². The lowest BCUT2D eigenvalue weighted by Gasteiger charge is -2.04. The molecule has 1 rings (SSSR count). The lowest BCUT2D eigenvalue weighted by molar-refractivity contribution is 0.481. The van der Waals surface area contributed by atoms with Crippen LogP contribution in [0.1, 0.15) is 18.9 Å². The molecule has 0 saturated heterocycles. The van der Waals surface area contributed by atoms with Crippen molar-refractivity contribution in [2.75, 3.05) is 19.3 Å². The van der Waals surface area contributed by atoms with Gasteiger partial charge in [-0.25, -0.2) is 0 Å². The van der Waals surface area contributed by atoms with Crippen molar-refractivity contribution in [1.29, 1.82) is 0 Å². The molecular formula is C15H21N3O3S. The molecule has 0 unspecified atom stereocenters. The third-order valence-electron chi connectivity index (χ3n) is 2.91. The lowest BCUT2D eigenvalue weighted by atomic mass is 10.1. The standard InChI is InChI=1S/C15H21N3O3S/c1-12(15(16)18-9-6-10-22(19,20)21)11-14(17-2)13-7-4-3-5-8-13/h3-5,7-8,11H,6,9-10H2,1-2H3,(H2,16,18)(H,19,20,21)/b12-11-,17-14+. The zero-order chi connectivity index (χ0) is 16.6. The molecule has 0 amide bonds. The molecule has 0 aliphatic rings. The second kappa shape index (κ2) is 8.45. The summed E-state index contributed by atoms with van der Waals surface area (Å²) in [6.45, 7) is 2.05. The Morgan fingerprint density at radius 3 is 2.50 bits per heavy atom. The molecule has 0 bridgehead atoms. The second-order valence-corrected chi connectivity index (χ2v) is 6.28. The van der Waals surface area contributed by atoms with Crippen LogP contribution >= 0.6 is 0 Å². The van der Waals surface area contributed by atoms with Crippen LogP contribution in [0.3, 0.4) is 0 Å². The van der Waals surface area contributed by atoms with Crippen molar-refractivity contribution in [3.8, 4) is 0 Å². The fraction of sp³-hybridized carbons (Fsp3) is 0.333. The predicted molar refractivity (Wildman–Crippen MR) is 90.2 cm³/mol. The molecule has 0 aliphatic heterocycles. The number of hydrogen-bond donors (Lipinski definition) is 2. The fourth-order valence-corrected chi connectivity index (χ4v) is 2.23. The summed E-state index contributed by atoms with van der Waals surface area (Å²) >= 11 is 0. The van der Waals surface area contributed by atoms with Gasteiger partial charge in [-0.2, -0.15) is 8.42 Å². The van der Waals surface area contributed by atoms with Crippen LogP contribution in [0.25, 0.3) is 0 Å². The number of aliphatic imine (C=N–C) groups is 2. The highest BCUT2D eigenvalue weighted by atomic mass is 32.2.